The smallest absolute Gasteiger partial charge is 0.338 e. The summed E-state index contributed by atoms with van der Waals surface area (Å²) in [6, 6.07) is 19.1. The number of allylic oxidation sites excluding steroid dienone is 1. The van der Waals surface area contributed by atoms with E-state index < -0.39 is 11.9 Å². The van der Waals surface area contributed by atoms with Gasteiger partial charge in [-0.15, -0.1) is 0 Å². The van der Waals surface area contributed by atoms with Crippen molar-refractivity contribution < 1.29 is 14.3 Å². The maximum absolute atomic E-state index is 13.1. The number of ether oxygens (including phenoxy) is 2. The molecule has 1 aromatic carbocycles. The van der Waals surface area contributed by atoms with E-state index in [0.717, 1.165) is 16.7 Å². The summed E-state index contributed by atoms with van der Waals surface area (Å²) in [6.45, 7) is 4.17. The molecule has 0 aliphatic carbocycles. The quantitative estimate of drug-likeness (QED) is 0.329. The molecule has 2 aromatic heterocycles. The highest BCUT2D eigenvalue weighted by Crippen LogP contribution is 2.41. The minimum absolute atomic E-state index is 0.0775. The number of hydrogen-bond donors (Lipinski definition) is 1. The topological polar surface area (TPSA) is 135 Å². The highest BCUT2D eigenvalue weighted by Gasteiger charge is 2.37. The maximum Gasteiger partial charge on any atom is 0.338 e. The average molecular weight is 524 g/mol. The molecule has 0 spiro atoms. The van der Waals surface area contributed by atoms with E-state index in [0.29, 0.717) is 22.2 Å². The van der Waals surface area contributed by atoms with Crippen LogP contribution in [0.1, 0.15) is 42.4 Å². The zero-order valence-corrected chi connectivity index (χ0v) is 22.0. The van der Waals surface area contributed by atoms with Crippen molar-refractivity contribution in [3.8, 4) is 23.4 Å². The number of carbonyl (C=O) groups is 1. The van der Waals surface area contributed by atoms with Gasteiger partial charge in [0.2, 0.25) is 5.88 Å². The first kappa shape index (κ1) is 26.5. The van der Waals surface area contributed by atoms with Crippen molar-refractivity contribution in [1.29, 1.82) is 10.5 Å². The summed E-state index contributed by atoms with van der Waals surface area (Å²) in [5.41, 5.74) is 10.2. The van der Waals surface area contributed by atoms with Crippen LogP contribution in [0.25, 0.3) is 11.3 Å². The summed E-state index contributed by atoms with van der Waals surface area (Å²) < 4.78 is 10.9. The van der Waals surface area contributed by atoms with E-state index in [4.69, 9.17) is 15.2 Å². The standard InChI is InChI=1S/C29H25N5O3S/c1-17(2)18-6-8-19(9-7-18)25-22(14-31)27(32)37-24(26(25)29(35)36-3)16-38-28-20(13-30)10-11-23(34-28)21-5-4-12-33-15-21/h4-12,15,17,25H,16,32H2,1-3H3. The first-order valence-electron chi connectivity index (χ1n) is 11.8. The monoisotopic (exact) mass is 523 g/mol. The molecule has 0 fully saturated rings. The lowest BCUT2D eigenvalue weighted by molar-refractivity contribution is -0.136. The highest BCUT2D eigenvalue weighted by molar-refractivity contribution is 7.99. The van der Waals surface area contributed by atoms with E-state index in [1.807, 2.05) is 30.3 Å². The molecule has 1 aliphatic heterocycles. The number of hydrogen-bond acceptors (Lipinski definition) is 9. The molecule has 190 valence electrons. The molecule has 1 unspecified atom stereocenters. The van der Waals surface area contributed by atoms with Gasteiger partial charge in [0.25, 0.3) is 0 Å². The van der Waals surface area contributed by atoms with E-state index in [1.54, 1.807) is 30.6 Å². The van der Waals surface area contributed by atoms with Crippen LogP contribution in [0, 0.1) is 22.7 Å². The second-order valence-corrected chi connectivity index (χ2v) is 9.73. The average Bonchev–Trinajstić information content (AvgIpc) is 2.95. The number of pyridine rings is 2. The van der Waals surface area contributed by atoms with Crippen molar-refractivity contribution in [3.05, 3.63) is 100 Å². The van der Waals surface area contributed by atoms with Crippen molar-refractivity contribution in [2.45, 2.75) is 30.7 Å². The fraction of sp³-hybridized carbons (Fsp3) is 0.207. The fourth-order valence-corrected chi connectivity index (χ4v) is 5.02. The molecular formula is C29H25N5O3S. The Labute approximate surface area is 225 Å². The van der Waals surface area contributed by atoms with Crippen molar-refractivity contribution in [2.75, 3.05) is 12.9 Å². The predicted octanol–water partition coefficient (Wildman–Crippen LogP) is 5.17. The van der Waals surface area contributed by atoms with E-state index in [-0.39, 0.29) is 28.5 Å². The summed E-state index contributed by atoms with van der Waals surface area (Å²) in [5.74, 6) is -0.774. The number of nitrogens with zero attached hydrogens (tertiary/aromatic N) is 4. The van der Waals surface area contributed by atoms with Crippen LogP contribution in [0.5, 0.6) is 0 Å². The van der Waals surface area contributed by atoms with Gasteiger partial charge >= 0.3 is 5.97 Å². The molecule has 0 saturated carbocycles. The zero-order valence-electron chi connectivity index (χ0n) is 21.1. The number of thioether (sulfide) groups is 1. The fourth-order valence-electron chi connectivity index (χ4n) is 4.11. The van der Waals surface area contributed by atoms with E-state index in [9.17, 15) is 15.3 Å². The molecule has 3 aromatic rings. The number of aromatic nitrogens is 2. The Bertz CT molecular complexity index is 1500. The first-order chi connectivity index (χ1) is 18.4. The lowest BCUT2D eigenvalue weighted by Crippen LogP contribution is -2.26. The number of nitriles is 2. The Hall–Kier alpha value is -4.60. The lowest BCUT2D eigenvalue weighted by Gasteiger charge is -2.28. The maximum atomic E-state index is 13.1. The van der Waals surface area contributed by atoms with Gasteiger partial charge in [-0.25, -0.2) is 9.78 Å². The molecule has 38 heavy (non-hydrogen) atoms. The summed E-state index contributed by atoms with van der Waals surface area (Å²) in [5, 5.41) is 20.0. The van der Waals surface area contributed by atoms with Crippen molar-refractivity contribution in [2.24, 2.45) is 5.73 Å². The van der Waals surface area contributed by atoms with Gasteiger partial charge in [-0.2, -0.15) is 10.5 Å². The van der Waals surface area contributed by atoms with E-state index in [2.05, 4.69) is 36.0 Å². The van der Waals surface area contributed by atoms with E-state index in [1.165, 1.54) is 18.9 Å². The van der Waals surface area contributed by atoms with Gasteiger partial charge in [0.1, 0.15) is 28.5 Å². The van der Waals surface area contributed by atoms with Crippen LogP contribution in [-0.4, -0.2) is 28.8 Å². The van der Waals surface area contributed by atoms with Gasteiger partial charge in [0.05, 0.1) is 35.6 Å². The van der Waals surface area contributed by atoms with Gasteiger partial charge in [-0.3, -0.25) is 4.98 Å². The Kier molecular flexibility index (Phi) is 8.10. The molecule has 1 atom stereocenters. The largest absolute Gasteiger partial charge is 0.466 e. The number of esters is 1. The van der Waals surface area contributed by atoms with Gasteiger partial charge in [-0.05, 0) is 41.3 Å². The minimum atomic E-state index is -0.761. The molecule has 0 saturated heterocycles. The number of methoxy groups -OCH3 is 1. The number of nitrogens with two attached hydrogens (primary N) is 1. The molecule has 2 N–H and O–H groups in total. The van der Waals surface area contributed by atoms with Crippen LogP contribution >= 0.6 is 11.8 Å². The van der Waals surface area contributed by atoms with Crippen molar-refractivity contribution in [3.63, 3.8) is 0 Å². The molecule has 8 nitrogen and oxygen atoms in total. The molecule has 0 amide bonds. The summed E-state index contributed by atoms with van der Waals surface area (Å²) in [6.07, 6.45) is 3.36. The number of rotatable bonds is 7. The molecule has 0 radical (unpaired) electrons. The second kappa shape index (κ2) is 11.6. The summed E-state index contributed by atoms with van der Waals surface area (Å²) in [4.78, 5) is 21.8. The molecule has 4 rings (SSSR count). The molecular weight excluding hydrogens is 498 g/mol. The third-order valence-electron chi connectivity index (χ3n) is 6.12. The summed E-state index contributed by atoms with van der Waals surface area (Å²) in [7, 11) is 1.28. The van der Waals surface area contributed by atoms with Gasteiger partial charge in [0, 0.05) is 18.0 Å². The van der Waals surface area contributed by atoms with Crippen LogP contribution in [0.2, 0.25) is 0 Å². The van der Waals surface area contributed by atoms with Gasteiger partial charge < -0.3 is 15.2 Å². The Morgan fingerprint density at radius 2 is 1.92 bits per heavy atom. The molecule has 1 aliphatic rings. The van der Waals surface area contributed by atoms with Crippen LogP contribution in [0.15, 0.2) is 88.7 Å². The van der Waals surface area contributed by atoms with E-state index >= 15 is 0 Å². The van der Waals surface area contributed by atoms with Crippen LogP contribution < -0.4 is 5.73 Å². The first-order valence-corrected chi connectivity index (χ1v) is 12.8. The van der Waals surface area contributed by atoms with Crippen LogP contribution in [0.4, 0.5) is 0 Å². The minimum Gasteiger partial charge on any atom is -0.466 e. The third-order valence-corrected chi connectivity index (χ3v) is 7.11. The van der Waals surface area contributed by atoms with Gasteiger partial charge in [-0.1, -0.05) is 49.9 Å². The van der Waals surface area contributed by atoms with Gasteiger partial charge in [0.15, 0.2) is 0 Å². The Morgan fingerprint density at radius 1 is 1.16 bits per heavy atom. The molecule has 3 heterocycles. The second-order valence-electron chi connectivity index (χ2n) is 8.77. The number of carbonyl (C=O) groups excluding carboxylic acids is 1. The normalized spacial score (nSPS) is 15.1. The van der Waals surface area contributed by atoms with Crippen molar-refractivity contribution >= 4 is 17.7 Å². The number of benzene rings is 1. The Balaban J connectivity index is 1.75. The zero-order chi connectivity index (χ0) is 27.2. The highest BCUT2D eigenvalue weighted by atomic mass is 32.2. The van der Waals surface area contributed by atoms with Crippen LogP contribution in [0.3, 0.4) is 0 Å². The SMILES string of the molecule is COC(=O)C1=C(CSc2nc(-c3cccnc3)ccc2C#N)OC(N)=C(C#N)C1c1ccc(C(C)C)cc1. The van der Waals surface area contributed by atoms with Crippen molar-refractivity contribution in [1.82, 2.24) is 9.97 Å². The lowest BCUT2D eigenvalue weighted by atomic mass is 9.82. The molecule has 0 bridgehead atoms. The van der Waals surface area contributed by atoms with Crippen LogP contribution in [-0.2, 0) is 14.3 Å². The predicted molar refractivity (Wildman–Crippen MR) is 143 cm³/mol. The molecule has 9 heteroatoms. The summed E-state index contributed by atoms with van der Waals surface area (Å²) >= 11 is 1.23. The third kappa shape index (κ3) is 5.39. The Morgan fingerprint density at radius 3 is 2.53 bits per heavy atom.